The van der Waals surface area contributed by atoms with Gasteiger partial charge in [-0.05, 0) is 5.56 Å². The number of hydrogen-bond acceptors (Lipinski definition) is 3. The van der Waals surface area contributed by atoms with Gasteiger partial charge in [0.05, 0.1) is 13.2 Å². The molecule has 0 amide bonds. The second-order valence-corrected chi connectivity index (χ2v) is 3.85. The van der Waals surface area contributed by atoms with Gasteiger partial charge in [-0.15, -0.1) is 0 Å². The molecule has 74 valence electrons. The molecule has 0 bridgehead atoms. The Morgan fingerprint density at radius 3 is 2.71 bits per heavy atom. The van der Waals surface area contributed by atoms with Gasteiger partial charge >= 0.3 is 0 Å². The summed E-state index contributed by atoms with van der Waals surface area (Å²) in [6, 6.07) is 8.16. The highest BCUT2D eigenvalue weighted by molar-refractivity contribution is 5.38. The first-order valence-corrected chi connectivity index (χ1v) is 4.95. The Hall–Kier alpha value is -0.900. The van der Waals surface area contributed by atoms with Crippen LogP contribution in [0, 0.1) is 0 Å². The first-order valence-electron chi connectivity index (χ1n) is 4.95. The van der Waals surface area contributed by atoms with E-state index in [1.54, 1.807) is 0 Å². The van der Waals surface area contributed by atoms with Crippen molar-refractivity contribution in [2.24, 2.45) is 5.73 Å². The van der Waals surface area contributed by atoms with Gasteiger partial charge in [0, 0.05) is 18.0 Å². The van der Waals surface area contributed by atoms with Crippen molar-refractivity contribution < 1.29 is 9.47 Å². The molecule has 3 rings (SSSR count). The number of nitrogens with two attached hydrogens (primary N) is 1. The number of rotatable bonds is 0. The van der Waals surface area contributed by atoms with Crippen molar-refractivity contribution in [3.8, 4) is 0 Å². The molecule has 0 radical (unpaired) electrons. The number of fused-ring (bicyclic) bond motifs is 2. The molecule has 1 heterocycles. The van der Waals surface area contributed by atoms with E-state index in [0.717, 1.165) is 17.5 Å². The summed E-state index contributed by atoms with van der Waals surface area (Å²) in [5, 5.41) is 0. The fraction of sp³-hybridized carbons (Fsp3) is 0.455. The third-order valence-corrected chi connectivity index (χ3v) is 3.01. The fourth-order valence-corrected chi connectivity index (χ4v) is 2.40. The van der Waals surface area contributed by atoms with E-state index in [1.165, 1.54) is 0 Å². The molecule has 1 spiro atoms. The molecule has 0 saturated carbocycles. The van der Waals surface area contributed by atoms with Crippen LogP contribution >= 0.6 is 0 Å². The second-order valence-electron chi connectivity index (χ2n) is 3.85. The molecule has 3 nitrogen and oxygen atoms in total. The highest BCUT2D eigenvalue weighted by Gasteiger charge is 2.47. The molecule has 1 saturated heterocycles. The first kappa shape index (κ1) is 8.41. The summed E-state index contributed by atoms with van der Waals surface area (Å²) < 4.78 is 11.4. The van der Waals surface area contributed by atoms with Crippen LogP contribution in [0.1, 0.15) is 23.6 Å². The Morgan fingerprint density at radius 1 is 1.21 bits per heavy atom. The molecular weight excluding hydrogens is 178 g/mol. The number of ether oxygens (including phenoxy) is 2. The van der Waals surface area contributed by atoms with E-state index in [9.17, 15) is 0 Å². The first-order chi connectivity index (χ1) is 6.82. The van der Waals surface area contributed by atoms with Crippen LogP contribution in [-0.2, 0) is 15.3 Å². The number of benzene rings is 1. The van der Waals surface area contributed by atoms with Gasteiger partial charge in [-0.25, -0.2) is 0 Å². The van der Waals surface area contributed by atoms with Crippen molar-refractivity contribution >= 4 is 0 Å². The minimum absolute atomic E-state index is 0.0456. The average Bonchev–Trinajstić information content (AvgIpc) is 2.77. The Morgan fingerprint density at radius 2 is 1.93 bits per heavy atom. The van der Waals surface area contributed by atoms with Crippen molar-refractivity contribution in [3.05, 3.63) is 35.4 Å². The lowest BCUT2D eigenvalue weighted by molar-refractivity contribution is -0.165. The van der Waals surface area contributed by atoms with Crippen LogP contribution in [0.25, 0.3) is 0 Å². The van der Waals surface area contributed by atoms with E-state index in [-0.39, 0.29) is 6.04 Å². The fourth-order valence-electron chi connectivity index (χ4n) is 2.40. The predicted octanol–water partition coefficient (Wildman–Crippen LogP) is 1.29. The summed E-state index contributed by atoms with van der Waals surface area (Å²) in [6.45, 7) is 1.34. The van der Waals surface area contributed by atoms with Crippen molar-refractivity contribution in [2.75, 3.05) is 13.2 Å². The largest absolute Gasteiger partial charge is 0.343 e. The SMILES string of the molecule is NC1CC2(OCCO2)c2ccccc21. The zero-order valence-corrected chi connectivity index (χ0v) is 7.90. The Labute approximate surface area is 82.8 Å². The summed E-state index contributed by atoms with van der Waals surface area (Å²) in [5.41, 5.74) is 8.32. The van der Waals surface area contributed by atoms with Gasteiger partial charge in [-0.1, -0.05) is 24.3 Å². The Kier molecular flexibility index (Phi) is 1.68. The van der Waals surface area contributed by atoms with Crippen molar-refractivity contribution in [1.29, 1.82) is 0 Å². The van der Waals surface area contributed by atoms with Crippen LogP contribution in [-0.4, -0.2) is 13.2 Å². The van der Waals surface area contributed by atoms with E-state index in [4.69, 9.17) is 15.2 Å². The monoisotopic (exact) mass is 191 g/mol. The average molecular weight is 191 g/mol. The maximum Gasteiger partial charge on any atom is 0.197 e. The van der Waals surface area contributed by atoms with Crippen LogP contribution in [0.2, 0.25) is 0 Å². The highest BCUT2D eigenvalue weighted by atomic mass is 16.7. The molecular formula is C11H13NO2. The zero-order chi connectivity index (χ0) is 9.60. The molecule has 2 aliphatic rings. The second kappa shape index (κ2) is 2.79. The third-order valence-electron chi connectivity index (χ3n) is 3.01. The summed E-state index contributed by atoms with van der Waals surface area (Å²) in [7, 11) is 0. The topological polar surface area (TPSA) is 44.5 Å². The van der Waals surface area contributed by atoms with Gasteiger partial charge in [-0.3, -0.25) is 0 Å². The lowest BCUT2D eigenvalue weighted by Crippen LogP contribution is -2.24. The molecule has 1 unspecified atom stereocenters. The van der Waals surface area contributed by atoms with Crippen molar-refractivity contribution in [2.45, 2.75) is 18.2 Å². The molecule has 1 aliphatic heterocycles. The minimum Gasteiger partial charge on any atom is -0.343 e. The molecule has 14 heavy (non-hydrogen) atoms. The van der Waals surface area contributed by atoms with Crippen LogP contribution in [0.3, 0.4) is 0 Å². The molecule has 2 N–H and O–H groups in total. The molecule has 3 heteroatoms. The van der Waals surface area contributed by atoms with Gasteiger partial charge in [0.25, 0.3) is 0 Å². The molecule has 1 aromatic rings. The maximum absolute atomic E-state index is 6.04. The van der Waals surface area contributed by atoms with Gasteiger partial charge in [0.2, 0.25) is 0 Å². The molecule has 1 aromatic carbocycles. The quantitative estimate of drug-likeness (QED) is 0.672. The zero-order valence-electron chi connectivity index (χ0n) is 7.90. The lowest BCUT2D eigenvalue weighted by atomic mass is 10.1. The molecule has 1 aliphatic carbocycles. The van der Waals surface area contributed by atoms with E-state index in [0.29, 0.717) is 13.2 Å². The van der Waals surface area contributed by atoms with Crippen molar-refractivity contribution in [3.63, 3.8) is 0 Å². The summed E-state index contributed by atoms with van der Waals surface area (Å²) >= 11 is 0. The van der Waals surface area contributed by atoms with E-state index < -0.39 is 5.79 Å². The van der Waals surface area contributed by atoms with Gasteiger partial charge < -0.3 is 15.2 Å². The van der Waals surface area contributed by atoms with Gasteiger partial charge in [0.15, 0.2) is 5.79 Å². The van der Waals surface area contributed by atoms with E-state index >= 15 is 0 Å². The predicted molar refractivity (Wildman–Crippen MR) is 51.6 cm³/mol. The maximum atomic E-state index is 6.04. The lowest BCUT2D eigenvalue weighted by Gasteiger charge is -2.22. The van der Waals surface area contributed by atoms with Crippen LogP contribution in [0.15, 0.2) is 24.3 Å². The van der Waals surface area contributed by atoms with Crippen molar-refractivity contribution in [1.82, 2.24) is 0 Å². The van der Waals surface area contributed by atoms with Crippen LogP contribution in [0.5, 0.6) is 0 Å². The van der Waals surface area contributed by atoms with Gasteiger partial charge in [0.1, 0.15) is 0 Å². The summed E-state index contributed by atoms with van der Waals surface area (Å²) in [4.78, 5) is 0. The summed E-state index contributed by atoms with van der Waals surface area (Å²) in [5.74, 6) is -0.532. The Balaban J connectivity index is 2.13. The normalized spacial score (nSPS) is 28.2. The smallest absolute Gasteiger partial charge is 0.197 e. The highest BCUT2D eigenvalue weighted by Crippen LogP contribution is 2.47. The minimum atomic E-state index is -0.532. The van der Waals surface area contributed by atoms with Gasteiger partial charge in [-0.2, -0.15) is 0 Å². The standard InChI is InChI=1S/C11H13NO2/c12-10-7-11(13-5-6-14-11)9-4-2-1-3-8(9)10/h1-4,10H,5-7,12H2. The molecule has 0 aromatic heterocycles. The number of hydrogen-bond donors (Lipinski definition) is 1. The van der Waals surface area contributed by atoms with E-state index in [2.05, 4.69) is 6.07 Å². The van der Waals surface area contributed by atoms with E-state index in [1.807, 2.05) is 18.2 Å². The van der Waals surface area contributed by atoms with Crippen LogP contribution in [0.4, 0.5) is 0 Å². The third kappa shape index (κ3) is 0.974. The molecule has 1 atom stereocenters. The summed E-state index contributed by atoms with van der Waals surface area (Å²) in [6.07, 6.45) is 0.742. The van der Waals surface area contributed by atoms with Crippen LogP contribution < -0.4 is 5.73 Å². The molecule has 1 fully saturated rings. The Bertz CT molecular complexity index is 358.